The average molecular weight is 398 g/mol. The molecule has 6 nitrogen and oxygen atoms in total. The predicted molar refractivity (Wildman–Crippen MR) is 105 cm³/mol. The van der Waals surface area contributed by atoms with Crippen LogP contribution < -0.4 is 4.74 Å². The second kappa shape index (κ2) is 8.03. The molecule has 1 heterocycles. The van der Waals surface area contributed by atoms with Crippen molar-refractivity contribution in [2.24, 2.45) is 5.92 Å². The van der Waals surface area contributed by atoms with Gasteiger partial charge < -0.3 is 9.64 Å². The number of methoxy groups -OCH3 is 1. The maximum absolute atomic E-state index is 14.0. The Morgan fingerprint density at radius 1 is 1.10 bits per heavy atom. The van der Waals surface area contributed by atoms with Crippen molar-refractivity contribution >= 4 is 17.7 Å². The van der Waals surface area contributed by atoms with E-state index >= 15 is 0 Å². The summed E-state index contributed by atoms with van der Waals surface area (Å²) >= 11 is 0. The Kier molecular flexibility index (Phi) is 5.68. The van der Waals surface area contributed by atoms with Crippen molar-refractivity contribution in [2.75, 3.05) is 14.2 Å². The molecule has 29 heavy (non-hydrogen) atoms. The van der Waals surface area contributed by atoms with Gasteiger partial charge in [-0.05, 0) is 35.7 Å². The smallest absolute Gasteiger partial charge is 0.262 e. The van der Waals surface area contributed by atoms with E-state index in [2.05, 4.69) is 0 Å². The molecule has 1 aliphatic heterocycles. The SMILES string of the molecule is COc1ccc(CN(C)C(=O)C(C(C)C)N2C(=O)c3ccccc3C2=O)cc1F. The van der Waals surface area contributed by atoms with Gasteiger partial charge in [0.15, 0.2) is 11.6 Å². The van der Waals surface area contributed by atoms with E-state index in [1.165, 1.54) is 24.1 Å². The number of halogens is 1. The summed E-state index contributed by atoms with van der Waals surface area (Å²) in [5.74, 6) is -2.02. The molecule has 1 aliphatic rings. The second-order valence-corrected chi connectivity index (χ2v) is 7.38. The van der Waals surface area contributed by atoms with Gasteiger partial charge in [-0.25, -0.2) is 4.39 Å². The maximum atomic E-state index is 14.0. The Morgan fingerprint density at radius 3 is 2.17 bits per heavy atom. The van der Waals surface area contributed by atoms with Crippen LogP contribution in [0.1, 0.15) is 40.1 Å². The second-order valence-electron chi connectivity index (χ2n) is 7.38. The number of imide groups is 1. The standard InChI is InChI=1S/C22H23FN2O4/c1-13(2)19(25-20(26)15-7-5-6-8-16(15)21(25)27)22(28)24(3)12-14-9-10-18(29-4)17(23)11-14/h5-11,13,19H,12H2,1-4H3. The third-order valence-electron chi connectivity index (χ3n) is 5.00. The number of hydrogen-bond acceptors (Lipinski definition) is 4. The zero-order valence-corrected chi connectivity index (χ0v) is 16.8. The van der Waals surface area contributed by atoms with E-state index in [-0.39, 0.29) is 24.1 Å². The van der Waals surface area contributed by atoms with Gasteiger partial charge in [-0.2, -0.15) is 0 Å². The largest absolute Gasteiger partial charge is 0.494 e. The van der Waals surface area contributed by atoms with Crippen LogP contribution >= 0.6 is 0 Å². The van der Waals surface area contributed by atoms with Crippen LogP contribution in [0.4, 0.5) is 4.39 Å². The number of fused-ring (bicyclic) bond motifs is 1. The minimum Gasteiger partial charge on any atom is -0.494 e. The van der Waals surface area contributed by atoms with Crippen molar-refractivity contribution in [2.45, 2.75) is 26.4 Å². The first kappa shape index (κ1) is 20.5. The lowest BCUT2D eigenvalue weighted by atomic mass is 10.0. The molecule has 2 aromatic carbocycles. The number of carbonyl (C=O) groups is 3. The fraction of sp³-hybridized carbons (Fsp3) is 0.318. The first-order valence-corrected chi connectivity index (χ1v) is 9.30. The van der Waals surface area contributed by atoms with E-state index in [1.54, 1.807) is 51.2 Å². The predicted octanol–water partition coefficient (Wildman–Crippen LogP) is 3.11. The molecule has 1 atom stereocenters. The highest BCUT2D eigenvalue weighted by Gasteiger charge is 2.44. The minimum absolute atomic E-state index is 0.119. The fourth-order valence-corrected chi connectivity index (χ4v) is 3.54. The average Bonchev–Trinajstić information content (AvgIpc) is 2.93. The van der Waals surface area contributed by atoms with E-state index in [1.807, 2.05) is 0 Å². The normalized spacial score (nSPS) is 14.2. The lowest BCUT2D eigenvalue weighted by Gasteiger charge is -2.32. The highest BCUT2D eigenvalue weighted by atomic mass is 19.1. The summed E-state index contributed by atoms with van der Waals surface area (Å²) in [5, 5.41) is 0. The van der Waals surface area contributed by atoms with Crippen molar-refractivity contribution < 1.29 is 23.5 Å². The Morgan fingerprint density at radius 2 is 1.69 bits per heavy atom. The fourth-order valence-electron chi connectivity index (χ4n) is 3.54. The zero-order chi connectivity index (χ0) is 21.3. The van der Waals surface area contributed by atoms with Gasteiger partial charge in [0.05, 0.1) is 18.2 Å². The maximum Gasteiger partial charge on any atom is 0.262 e. The number of likely N-dealkylation sites (N-methyl/N-ethyl adjacent to an activating group) is 1. The van der Waals surface area contributed by atoms with E-state index < -0.39 is 23.7 Å². The summed E-state index contributed by atoms with van der Waals surface area (Å²) in [4.78, 5) is 41.3. The Hall–Kier alpha value is -3.22. The van der Waals surface area contributed by atoms with Crippen LogP contribution in [0.25, 0.3) is 0 Å². The first-order chi connectivity index (χ1) is 13.8. The third kappa shape index (κ3) is 3.72. The van der Waals surface area contributed by atoms with Crippen LogP contribution in [0.15, 0.2) is 42.5 Å². The topological polar surface area (TPSA) is 66.9 Å². The first-order valence-electron chi connectivity index (χ1n) is 9.30. The van der Waals surface area contributed by atoms with Crippen molar-refractivity contribution in [1.82, 2.24) is 9.80 Å². The van der Waals surface area contributed by atoms with E-state index in [4.69, 9.17) is 4.74 Å². The van der Waals surface area contributed by atoms with Gasteiger partial charge in [0, 0.05) is 13.6 Å². The molecule has 0 aromatic heterocycles. The number of benzene rings is 2. The number of hydrogen-bond donors (Lipinski definition) is 0. The molecule has 0 saturated heterocycles. The zero-order valence-electron chi connectivity index (χ0n) is 16.8. The summed E-state index contributed by atoms with van der Waals surface area (Å²) in [7, 11) is 2.95. The van der Waals surface area contributed by atoms with Crippen LogP contribution in [0.5, 0.6) is 5.75 Å². The highest BCUT2D eigenvalue weighted by molar-refractivity contribution is 6.22. The highest BCUT2D eigenvalue weighted by Crippen LogP contribution is 2.28. The number of rotatable bonds is 6. The summed E-state index contributed by atoms with van der Waals surface area (Å²) in [6.45, 7) is 3.70. The van der Waals surface area contributed by atoms with Crippen molar-refractivity contribution in [1.29, 1.82) is 0 Å². The van der Waals surface area contributed by atoms with Gasteiger partial charge in [0.2, 0.25) is 5.91 Å². The Bertz CT molecular complexity index is 938. The molecule has 0 aliphatic carbocycles. The number of nitrogens with zero attached hydrogens (tertiary/aromatic N) is 2. The molecule has 0 N–H and O–H groups in total. The molecule has 1 unspecified atom stereocenters. The van der Waals surface area contributed by atoms with Crippen LogP contribution in [-0.4, -0.2) is 47.7 Å². The molecule has 0 fully saturated rings. The van der Waals surface area contributed by atoms with Gasteiger partial charge in [-0.3, -0.25) is 19.3 Å². The monoisotopic (exact) mass is 398 g/mol. The minimum atomic E-state index is -0.949. The molecular weight excluding hydrogens is 375 g/mol. The Balaban J connectivity index is 1.84. The van der Waals surface area contributed by atoms with Crippen LogP contribution in [0.3, 0.4) is 0 Å². The van der Waals surface area contributed by atoms with Crippen LogP contribution in [0.2, 0.25) is 0 Å². The van der Waals surface area contributed by atoms with E-state index in [9.17, 15) is 18.8 Å². The van der Waals surface area contributed by atoms with Gasteiger partial charge in [-0.15, -0.1) is 0 Å². The van der Waals surface area contributed by atoms with Gasteiger partial charge >= 0.3 is 0 Å². The van der Waals surface area contributed by atoms with Crippen molar-refractivity contribution in [3.63, 3.8) is 0 Å². The van der Waals surface area contributed by atoms with E-state index in [0.717, 1.165) is 4.90 Å². The molecule has 0 spiro atoms. The van der Waals surface area contributed by atoms with Crippen molar-refractivity contribution in [3.05, 3.63) is 65.0 Å². The molecule has 3 amide bonds. The van der Waals surface area contributed by atoms with Gasteiger partial charge in [-0.1, -0.05) is 32.0 Å². The van der Waals surface area contributed by atoms with Crippen molar-refractivity contribution in [3.8, 4) is 5.75 Å². The number of ether oxygens (including phenoxy) is 1. The van der Waals surface area contributed by atoms with Crippen LogP contribution in [-0.2, 0) is 11.3 Å². The van der Waals surface area contributed by atoms with Crippen LogP contribution in [0, 0.1) is 11.7 Å². The molecule has 0 bridgehead atoms. The summed E-state index contributed by atoms with van der Waals surface area (Å²) < 4.78 is 18.9. The summed E-state index contributed by atoms with van der Waals surface area (Å²) in [6.07, 6.45) is 0. The number of amides is 3. The summed E-state index contributed by atoms with van der Waals surface area (Å²) in [6, 6.07) is 10.0. The van der Waals surface area contributed by atoms with E-state index in [0.29, 0.717) is 16.7 Å². The molecule has 0 saturated carbocycles. The molecule has 7 heteroatoms. The molecule has 3 rings (SSSR count). The van der Waals surface area contributed by atoms with Gasteiger partial charge in [0.1, 0.15) is 6.04 Å². The Labute approximate surface area is 168 Å². The molecule has 152 valence electrons. The third-order valence-corrected chi connectivity index (χ3v) is 5.00. The quantitative estimate of drug-likeness (QED) is 0.702. The molecule has 2 aromatic rings. The lowest BCUT2D eigenvalue weighted by Crippen LogP contribution is -2.52. The molecular formula is C22H23FN2O4. The number of carbonyl (C=O) groups excluding carboxylic acids is 3. The summed E-state index contributed by atoms with van der Waals surface area (Å²) in [5.41, 5.74) is 1.18. The van der Waals surface area contributed by atoms with Gasteiger partial charge in [0.25, 0.3) is 11.8 Å². The molecule has 0 radical (unpaired) electrons. The lowest BCUT2D eigenvalue weighted by molar-refractivity contribution is -0.136.